The minimum atomic E-state index is -0.477. The standard InChI is InChI=1S/C46H49NO10/c1-51-40-29-35(30-41(52-2)44(40)53-3)45(49)55-27-13-24-47(23-12-26-54-36-20-18-32-19-21-42(48)57-39(32)31-36)22-10-4-5-11-25-56-46(50)43-37-16-8-6-14-33(37)28-34-15-7-9-17-38(34)43/h6-9,14-21,28-31H,4-5,10-13,22-27H2,1-3H3. The van der Waals surface area contributed by atoms with Crippen LogP contribution in [0.2, 0.25) is 0 Å². The van der Waals surface area contributed by atoms with Crippen molar-refractivity contribution in [3.63, 3.8) is 0 Å². The Kier molecular flexibility index (Phi) is 14.4. The van der Waals surface area contributed by atoms with Crippen LogP contribution in [0.1, 0.15) is 59.2 Å². The van der Waals surface area contributed by atoms with Gasteiger partial charge in [0.1, 0.15) is 11.3 Å². The molecule has 1 heterocycles. The van der Waals surface area contributed by atoms with Crippen molar-refractivity contribution in [2.24, 2.45) is 0 Å². The molecule has 0 spiro atoms. The van der Waals surface area contributed by atoms with Crippen LogP contribution in [0.4, 0.5) is 0 Å². The number of nitrogens with zero attached hydrogens (tertiary/aromatic N) is 1. The van der Waals surface area contributed by atoms with Crippen LogP contribution in [-0.2, 0) is 9.47 Å². The summed E-state index contributed by atoms with van der Waals surface area (Å²) < 4.78 is 38.9. The summed E-state index contributed by atoms with van der Waals surface area (Å²) in [6.07, 6.45) is 5.02. The summed E-state index contributed by atoms with van der Waals surface area (Å²) in [6, 6.07) is 29.7. The molecule has 0 saturated heterocycles. The number of esters is 2. The number of hydrogen-bond acceptors (Lipinski definition) is 11. The van der Waals surface area contributed by atoms with Gasteiger partial charge in [-0.2, -0.15) is 0 Å². The number of ether oxygens (including phenoxy) is 6. The third-order valence-electron chi connectivity index (χ3n) is 9.81. The molecule has 0 unspecified atom stereocenters. The van der Waals surface area contributed by atoms with Crippen molar-refractivity contribution in [1.29, 1.82) is 0 Å². The van der Waals surface area contributed by atoms with Crippen molar-refractivity contribution in [3.05, 3.63) is 119 Å². The topological polar surface area (TPSA) is 123 Å². The molecule has 6 rings (SSSR count). The Labute approximate surface area is 332 Å². The van der Waals surface area contributed by atoms with E-state index in [1.807, 2.05) is 60.7 Å². The van der Waals surface area contributed by atoms with E-state index in [2.05, 4.69) is 11.0 Å². The Balaban J connectivity index is 0.979. The van der Waals surface area contributed by atoms with Gasteiger partial charge in [0.05, 0.1) is 52.3 Å². The summed E-state index contributed by atoms with van der Waals surface area (Å²) in [6.45, 7) is 3.42. The first-order chi connectivity index (χ1) is 27.9. The second-order valence-corrected chi connectivity index (χ2v) is 13.6. The van der Waals surface area contributed by atoms with Gasteiger partial charge in [0.25, 0.3) is 0 Å². The van der Waals surface area contributed by atoms with Gasteiger partial charge in [0.2, 0.25) is 5.75 Å². The highest BCUT2D eigenvalue weighted by molar-refractivity contribution is 6.16. The van der Waals surface area contributed by atoms with E-state index in [0.717, 1.165) is 78.7 Å². The third kappa shape index (κ3) is 10.6. The maximum absolute atomic E-state index is 13.4. The first-order valence-electron chi connectivity index (χ1n) is 19.3. The molecule has 0 aliphatic heterocycles. The number of hydrogen-bond donors (Lipinski definition) is 0. The summed E-state index contributed by atoms with van der Waals surface area (Å²) in [5.74, 6) is 1.02. The van der Waals surface area contributed by atoms with Gasteiger partial charge in [0.15, 0.2) is 11.5 Å². The van der Waals surface area contributed by atoms with E-state index < -0.39 is 11.6 Å². The van der Waals surface area contributed by atoms with Crippen LogP contribution in [-0.4, -0.2) is 77.6 Å². The van der Waals surface area contributed by atoms with Gasteiger partial charge in [-0.3, -0.25) is 0 Å². The van der Waals surface area contributed by atoms with E-state index in [1.54, 1.807) is 24.3 Å². The van der Waals surface area contributed by atoms with E-state index >= 15 is 0 Å². The molecule has 0 atom stereocenters. The minimum Gasteiger partial charge on any atom is -0.493 e. The van der Waals surface area contributed by atoms with E-state index in [9.17, 15) is 14.4 Å². The smallest absolute Gasteiger partial charge is 0.339 e. The third-order valence-corrected chi connectivity index (χ3v) is 9.81. The van der Waals surface area contributed by atoms with E-state index in [0.29, 0.717) is 59.3 Å². The summed E-state index contributed by atoms with van der Waals surface area (Å²) in [5, 5.41) is 4.65. The first-order valence-corrected chi connectivity index (χ1v) is 19.3. The van der Waals surface area contributed by atoms with Crippen LogP contribution in [0.25, 0.3) is 32.5 Å². The molecule has 0 bridgehead atoms. The fourth-order valence-corrected chi connectivity index (χ4v) is 6.94. The number of rotatable bonds is 21. The largest absolute Gasteiger partial charge is 0.493 e. The van der Waals surface area contributed by atoms with Gasteiger partial charge in [0, 0.05) is 30.6 Å². The Morgan fingerprint density at radius 2 is 1.18 bits per heavy atom. The van der Waals surface area contributed by atoms with Crippen molar-refractivity contribution in [1.82, 2.24) is 4.90 Å². The molecule has 57 heavy (non-hydrogen) atoms. The monoisotopic (exact) mass is 775 g/mol. The average Bonchev–Trinajstić information content (AvgIpc) is 3.23. The zero-order valence-electron chi connectivity index (χ0n) is 32.8. The van der Waals surface area contributed by atoms with E-state index in [-0.39, 0.29) is 12.6 Å². The second kappa shape index (κ2) is 20.2. The molecule has 0 aliphatic rings. The quantitative estimate of drug-likeness (QED) is 0.0302. The zero-order chi connectivity index (χ0) is 40.0. The molecule has 298 valence electrons. The highest BCUT2D eigenvalue weighted by Gasteiger charge is 2.19. The number of unbranched alkanes of at least 4 members (excludes halogenated alkanes) is 3. The first kappa shape index (κ1) is 40.6. The lowest BCUT2D eigenvalue weighted by Gasteiger charge is -2.22. The summed E-state index contributed by atoms with van der Waals surface area (Å²) in [4.78, 5) is 40.3. The summed E-state index contributed by atoms with van der Waals surface area (Å²) in [5.41, 5.74) is 1.01. The predicted octanol–water partition coefficient (Wildman–Crippen LogP) is 8.86. The van der Waals surface area contributed by atoms with Crippen molar-refractivity contribution in [3.8, 4) is 23.0 Å². The number of carbonyl (C=O) groups is 2. The highest BCUT2D eigenvalue weighted by Crippen LogP contribution is 2.38. The molecule has 1 aromatic heterocycles. The van der Waals surface area contributed by atoms with Gasteiger partial charge in [-0.25, -0.2) is 14.4 Å². The number of fused-ring (bicyclic) bond motifs is 3. The Hall–Kier alpha value is -6.07. The number of methoxy groups -OCH3 is 3. The molecular weight excluding hydrogens is 727 g/mol. The molecule has 0 radical (unpaired) electrons. The fraction of sp³-hybridized carbons (Fsp3) is 0.326. The molecule has 0 fully saturated rings. The molecular formula is C46H49NO10. The Bertz CT molecular complexity index is 2270. The molecule has 6 aromatic rings. The van der Waals surface area contributed by atoms with Crippen LogP contribution in [0, 0.1) is 0 Å². The average molecular weight is 776 g/mol. The van der Waals surface area contributed by atoms with Crippen LogP contribution in [0.3, 0.4) is 0 Å². The van der Waals surface area contributed by atoms with Crippen LogP contribution in [0.5, 0.6) is 23.0 Å². The maximum atomic E-state index is 13.4. The van der Waals surface area contributed by atoms with Crippen molar-refractivity contribution in [2.75, 3.05) is 60.8 Å². The minimum absolute atomic E-state index is 0.238. The Morgan fingerprint density at radius 1 is 0.579 bits per heavy atom. The van der Waals surface area contributed by atoms with E-state index in [4.69, 9.17) is 32.8 Å². The van der Waals surface area contributed by atoms with Crippen molar-refractivity contribution < 1.29 is 42.4 Å². The molecule has 0 amide bonds. The molecule has 0 N–H and O–H groups in total. The zero-order valence-corrected chi connectivity index (χ0v) is 32.8. The lowest BCUT2D eigenvalue weighted by Crippen LogP contribution is -2.29. The lowest BCUT2D eigenvalue weighted by molar-refractivity contribution is 0.0479. The summed E-state index contributed by atoms with van der Waals surface area (Å²) in [7, 11) is 4.50. The van der Waals surface area contributed by atoms with Crippen LogP contribution >= 0.6 is 0 Å². The fourth-order valence-electron chi connectivity index (χ4n) is 6.94. The van der Waals surface area contributed by atoms with Gasteiger partial charge < -0.3 is 37.7 Å². The SMILES string of the molecule is COc1cc(C(=O)OCCCN(CCCCCCOC(=O)c2c3ccccc3cc3ccccc23)CCCOc2ccc3ccc(=O)oc3c2)cc(OC)c1OC. The molecule has 11 heteroatoms. The molecule has 0 saturated carbocycles. The molecule has 11 nitrogen and oxygen atoms in total. The maximum Gasteiger partial charge on any atom is 0.339 e. The van der Waals surface area contributed by atoms with Gasteiger partial charge in [-0.1, -0.05) is 61.4 Å². The van der Waals surface area contributed by atoms with Crippen LogP contribution in [0.15, 0.2) is 106 Å². The number of benzene rings is 5. The van der Waals surface area contributed by atoms with Crippen LogP contribution < -0.4 is 24.6 Å². The van der Waals surface area contributed by atoms with Gasteiger partial charge in [-0.05, 0) is 90.2 Å². The van der Waals surface area contributed by atoms with Gasteiger partial charge in [-0.15, -0.1) is 0 Å². The van der Waals surface area contributed by atoms with Crippen molar-refractivity contribution >= 4 is 44.5 Å². The summed E-state index contributed by atoms with van der Waals surface area (Å²) >= 11 is 0. The molecule has 5 aromatic carbocycles. The molecule has 0 aliphatic carbocycles. The Morgan fingerprint density at radius 3 is 1.86 bits per heavy atom. The van der Waals surface area contributed by atoms with Gasteiger partial charge >= 0.3 is 17.6 Å². The normalized spacial score (nSPS) is 11.2. The lowest BCUT2D eigenvalue weighted by atomic mass is 9.97. The highest BCUT2D eigenvalue weighted by atomic mass is 16.5. The van der Waals surface area contributed by atoms with E-state index in [1.165, 1.54) is 27.4 Å². The second-order valence-electron chi connectivity index (χ2n) is 13.6. The number of carbonyl (C=O) groups excluding carboxylic acids is 2. The van der Waals surface area contributed by atoms with Crippen molar-refractivity contribution in [2.45, 2.75) is 38.5 Å². The predicted molar refractivity (Wildman–Crippen MR) is 220 cm³/mol.